The monoisotopic (exact) mass is 333 g/mol. The first-order valence-corrected chi connectivity index (χ1v) is 8.32. The Morgan fingerprint density at radius 3 is 2.52 bits per heavy atom. The van der Waals surface area contributed by atoms with Crippen LogP contribution in [0.1, 0.15) is 29.2 Å². The largest absolute Gasteiger partial charge is 0.507 e. The van der Waals surface area contributed by atoms with Crippen LogP contribution in [0.5, 0.6) is 5.75 Å². The molecule has 5 nitrogen and oxygen atoms in total. The van der Waals surface area contributed by atoms with Crippen LogP contribution in [0.15, 0.2) is 40.0 Å². The number of aromatic hydroxyl groups is 1. The van der Waals surface area contributed by atoms with Crippen LogP contribution >= 0.6 is 11.8 Å². The first-order valence-electron chi connectivity index (χ1n) is 7.09. The number of pyridine rings is 1. The average Bonchev–Trinajstić information content (AvgIpc) is 2.53. The number of carbonyl (C=O) groups excluding carboxylic acids is 1. The first kappa shape index (κ1) is 17.1. The van der Waals surface area contributed by atoms with Gasteiger partial charge in [-0.3, -0.25) is 9.59 Å². The third-order valence-electron chi connectivity index (χ3n) is 3.65. The minimum atomic E-state index is -0.567. The number of hydrogen-bond acceptors (Lipinski definition) is 5. The fraction of sp³-hybridized carbons (Fsp3) is 0.294. The Bertz CT molecular complexity index is 752. The second-order valence-electron chi connectivity index (χ2n) is 5.19. The van der Waals surface area contributed by atoms with Gasteiger partial charge >= 0.3 is 5.97 Å². The van der Waals surface area contributed by atoms with Crippen molar-refractivity contribution in [3.05, 3.63) is 57.5 Å². The van der Waals surface area contributed by atoms with Crippen LogP contribution in [0.25, 0.3) is 0 Å². The van der Waals surface area contributed by atoms with Crippen LogP contribution in [0.4, 0.5) is 0 Å². The standard InChI is InChI=1S/C17H19NO4S/c1-10-8-14(19)16(17(21)18-10)13(9-15(20)22-2)11-4-6-12(23-3)7-5-11/h4-8,13H,9H2,1-3H3,(H2,18,19,21). The molecule has 0 aliphatic carbocycles. The molecule has 0 aliphatic rings. The fourth-order valence-electron chi connectivity index (χ4n) is 2.49. The maximum atomic E-state index is 12.3. The quantitative estimate of drug-likeness (QED) is 0.650. The number of carbonyl (C=O) groups is 1. The van der Waals surface area contributed by atoms with Gasteiger partial charge in [-0.25, -0.2) is 0 Å². The number of aryl methyl sites for hydroxylation is 1. The lowest BCUT2D eigenvalue weighted by Crippen LogP contribution is -2.20. The van der Waals surface area contributed by atoms with E-state index in [0.29, 0.717) is 5.69 Å². The Kier molecular flexibility index (Phi) is 5.50. The molecule has 0 bridgehead atoms. The summed E-state index contributed by atoms with van der Waals surface area (Å²) in [6, 6.07) is 9.04. The van der Waals surface area contributed by atoms with Crippen molar-refractivity contribution in [2.45, 2.75) is 24.2 Å². The number of hydrogen-bond donors (Lipinski definition) is 2. The molecule has 0 amide bonds. The number of rotatable bonds is 5. The van der Waals surface area contributed by atoms with E-state index in [1.54, 1.807) is 18.7 Å². The van der Waals surface area contributed by atoms with E-state index in [9.17, 15) is 14.7 Å². The second-order valence-corrected chi connectivity index (χ2v) is 6.07. The molecule has 1 heterocycles. The van der Waals surface area contributed by atoms with E-state index in [1.165, 1.54) is 13.2 Å². The summed E-state index contributed by atoms with van der Waals surface area (Å²) in [6.07, 6.45) is 1.95. The molecule has 1 unspecified atom stereocenters. The van der Waals surface area contributed by atoms with Crippen molar-refractivity contribution < 1.29 is 14.6 Å². The van der Waals surface area contributed by atoms with Crippen LogP contribution in [0, 0.1) is 6.92 Å². The van der Waals surface area contributed by atoms with Gasteiger partial charge in [0.25, 0.3) is 5.56 Å². The number of ether oxygens (including phenoxy) is 1. The summed E-state index contributed by atoms with van der Waals surface area (Å²) in [4.78, 5) is 27.8. The van der Waals surface area contributed by atoms with Gasteiger partial charge in [-0.05, 0) is 36.9 Å². The number of methoxy groups -OCH3 is 1. The van der Waals surface area contributed by atoms with Crippen LogP contribution in [-0.2, 0) is 9.53 Å². The van der Waals surface area contributed by atoms with E-state index in [4.69, 9.17) is 4.74 Å². The third-order valence-corrected chi connectivity index (χ3v) is 4.39. The summed E-state index contributed by atoms with van der Waals surface area (Å²) >= 11 is 1.60. The minimum Gasteiger partial charge on any atom is -0.507 e. The van der Waals surface area contributed by atoms with Gasteiger partial charge in [-0.2, -0.15) is 0 Å². The zero-order chi connectivity index (χ0) is 17.0. The maximum absolute atomic E-state index is 12.3. The molecule has 0 aliphatic heterocycles. The van der Waals surface area contributed by atoms with E-state index in [2.05, 4.69) is 4.98 Å². The van der Waals surface area contributed by atoms with Crippen LogP contribution in [0.2, 0.25) is 0 Å². The van der Waals surface area contributed by atoms with E-state index >= 15 is 0 Å². The zero-order valence-electron chi connectivity index (χ0n) is 13.3. The fourth-order valence-corrected chi connectivity index (χ4v) is 2.90. The Morgan fingerprint density at radius 1 is 1.35 bits per heavy atom. The highest BCUT2D eigenvalue weighted by atomic mass is 32.2. The first-order chi connectivity index (χ1) is 11.0. The number of aromatic nitrogens is 1. The van der Waals surface area contributed by atoms with Crippen molar-refractivity contribution in [2.75, 3.05) is 13.4 Å². The molecule has 0 saturated heterocycles. The van der Waals surface area contributed by atoms with E-state index in [0.717, 1.165) is 10.5 Å². The number of H-pyrrole nitrogens is 1. The van der Waals surface area contributed by atoms with Gasteiger partial charge in [-0.1, -0.05) is 12.1 Å². The number of benzene rings is 1. The zero-order valence-corrected chi connectivity index (χ0v) is 14.1. The van der Waals surface area contributed by atoms with Crippen molar-refractivity contribution in [3.63, 3.8) is 0 Å². The highest BCUT2D eigenvalue weighted by Crippen LogP contribution is 2.32. The molecule has 2 rings (SSSR count). The molecule has 23 heavy (non-hydrogen) atoms. The van der Waals surface area contributed by atoms with Gasteiger partial charge in [-0.15, -0.1) is 11.8 Å². The Hall–Kier alpha value is -2.21. The summed E-state index contributed by atoms with van der Waals surface area (Å²) in [5, 5.41) is 10.2. The van der Waals surface area contributed by atoms with Crippen molar-refractivity contribution in [3.8, 4) is 5.75 Å². The summed E-state index contributed by atoms with van der Waals surface area (Å²) in [5.74, 6) is -1.12. The molecular weight excluding hydrogens is 314 g/mol. The molecule has 2 aromatic rings. The van der Waals surface area contributed by atoms with Crippen molar-refractivity contribution in [2.24, 2.45) is 0 Å². The van der Waals surface area contributed by atoms with Gasteiger partial charge in [0.2, 0.25) is 0 Å². The molecular formula is C17H19NO4S. The number of thioether (sulfide) groups is 1. The molecule has 0 saturated carbocycles. The lowest BCUT2D eigenvalue weighted by Gasteiger charge is -2.18. The molecule has 1 aromatic heterocycles. The Balaban J connectivity index is 2.54. The Labute approximate surface area is 138 Å². The van der Waals surface area contributed by atoms with E-state index in [-0.39, 0.29) is 17.7 Å². The van der Waals surface area contributed by atoms with Crippen molar-refractivity contribution >= 4 is 17.7 Å². The van der Waals surface area contributed by atoms with Gasteiger partial charge < -0.3 is 14.8 Å². The normalized spacial score (nSPS) is 12.0. The highest BCUT2D eigenvalue weighted by Gasteiger charge is 2.25. The molecule has 6 heteroatoms. The average molecular weight is 333 g/mol. The maximum Gasteiger partial charge on any atom is 0.306 e. The number of aromatic amines is 1. The summed E-state index contributed by atoms with van der Waals surface area (Å²) in [7, 11) is 1.30. The third kappa shape index (κ3) is 3.96. The van der Waals surface area contributed by atoms with Crippen LogP contribution in [0.3, 0.4) is 0 Å². The topological polar surface area (TPSA) is 79.4 Å². The lowest BCUT2D eigenvalue weighted by atomic mass is 9.88. The summed E-state index contributed by atoms with van der Waals surface area (Å²) < 4.78 is 4.74. The molecule has 2 N–H and O–H groups in total. The molecule has 0 spiro atoms. The van der Waals surface area contributed by atoms with E-state index in [1.807, 2.05) is 30.5 Å². The Morgan fingerprint density at radius 2 is 2.00 bits per heavy atom. The second kappa shape index (κ2) is 7.37. The summed E-state index contributed by atoms with van der Waals surface area (Å²) in [5.41, 5.74) is 1.12. The summed E-state index contributed by atoms with van der Waals surface area (Å²) in [6.45, 7) is 1.69. The number of esters is 1. The predicted octanol–water partition coefficient (Wildman–Crippen LogP) is 2.81. The minimum absolute atomic E-state index is 0.0190. The molecule has 1 aromatic carbocycles. The highest BCUT2D eigenvalue weighted by molar-refractivity contribution is 7.98. The van der Waals surface area contributed by atoms with Gasteiger partial charge in [0.1, 0.15) is 5.75 Å². The lowest BCUT2D eigenvalue weighted by molar-refractivity contribution is -0.140. The van der Waals surface area contributed by atoms with Gasteiger partial charge in [0, 0.05) is 16.5 Å². The molecule has 122 valence electrons. The van der Waals surface area contributed by atoms with Crippen molar-refractivity contribution in [1.82, 2.24) is 4.98 Å². The van der Waals surface area contributed by atoms with E-state index < -0.39 is 17.4 Å². The van der Waals surface area contributed by atoms with Gasteiger partial charge in [0.05, 0.1) is 19.1 Å². The predicted molar refractivity (Wildman–Crippen MR) is 90.2 cm³/mol. The van der Waals surface area contributed by atoms with Crippen LogP contribution < -0.4 is 5.56 Å². The SMILES string of the molecule is COC(=O)CC(c1ccc(SC)cc1)c1c(O)cc(C)[nH]c1=O. The smallest absolute Gasteiger partial charge is 0.306 e. The number of nitrogens with one attached hydrogen (secondary N) is 1. The molecule has 1 atom stereocenters. The van der Waals surface area contributed by atoms with Gasteiger partial charge in [0.15, 0.2) is 0 Å². The molecule has 0 radical (unpaired) electrons. The van der Waals surface area contributed by atoms with Crippen molar-refractivity contribution in [1.29, 1.82) is 0 Å². The molecule has 0 fully saturated rings. The van der Waals surface area contributed by atoms with Crippen LogP contribution in [-0.4, -0.2) is 29.4 Å².